The van der Waals surface area contributed by atoms with Crippen molar-refractivity contribution in [3.05, 3.63) is 24.3 Å². The van der Waals surface area contributed by atoms with E-state index in [1.165, 1.54) is 24.9 Å². The van der Waals surface area contributed by atoms with Crippen molar-refractivity contribution in [2.75, 3.05) is 36.9 Å². The molecular formula is C14H20N2O. The third kappa shape index (κ3) is 2.12. The fourth-order valence-electron chi connectivity index (χ4n) is 2.97. The van der Waals surface area contributed by atoms with E-state index in [0.717, 1.165) is 32.0 Å². The molecule has 3 heteroatoms. The average molecular weight is 232 g/mol. The van der Waals surface area contributed by atoms with Crippen LogP contribution in [0.5, 0.6) is 0 Å². The van der Waals surface area contributed by atoms with Crippen LogP contribution in [0.2, 0.25) is 0 Å². The summed E-state index contributed by atoms with van der Waals surface area (Å²) in [6.45, 7) is 4.23. The summed E-state index contributed by atoms with van der Waals surface area (Å²) in [6.07, 6.45) is 3.78. The Morgan fingerprint density at radius 2 is 1.76 bits per heavy atom. The summed E-state index contributed by atoms with van der Waals surface area (Å²) in [4.78, 5) is 2.46. The maximum absolute atomic E-state index is 5.72. The zero-order valence-corrected chi connectivity index (χ0v) is 10.2. The molecule has 0 saturated carbocycles. The topological polar surface area (TPSA) is 38.5 Å². The lowest BCUT2D eigenvalue weighted by molar-refractivity contribution is 0.134. The van der Waals surface area contributed by atoms with Crippen LogP contribution in [-0.2, 0) is 4.74 Å². The normalized spacial score (nSPS) is 23.2. The largest absolute Gasteiger partial charge is 0.399 e. The molecule has 3 nitrogen and oxygen atoms in total. The molecule has 0 atom stereocenters. The summed E-state index contributed by atoms with van der Waals surface area (Å²) in [5, 5.41) is 0. The maximum atomic E-state index is 5.72. The van der Waals surface area contributed by atoms with Crippen molar-refractivity contribution in [3.8, 4) is 0 Å². The van der Waals surface area contributed by atoms with Gasteiger partial charge in [0.1, 0.15) is 0 Å². The Bertz CT molecular complexity index is 372. The molecule has 17 heavy (non-hydrogen) atoms. The zero-order valence-electron chi connectivity index (χ0n) is 10.2. The number of benzene rings is 1. The third-order valence-electron chi connectivity index (χ3n) is 4.27. The molecule has 1 aromatic carbocycles. The van der Waals surface area contributed by atoms with Crippen molar-refractivity contribution in [1.82, 2.24) is 0 Å². The zero-order chi connectivity index (χ0) is 11.7. The van der Waals surface area contributed by atoms with Gasteiger partial charge in [-0.2, -0.15) is 0 Å². The minimum Gasteiger partial charge on any atom is -0.399 e. The van der Waals surface area contributed by atoms with Crippen molar-refractivity contribution in [1.29, 1.82) is 0 Å². The van der Waals surface area contributed by atoms with Crippen LogP contribution in [0.1, 0.15) is 19.3 Å². The lowest BCUT2D eigenvalue weighted by atomic mass is 9.78. The number of anilines is 2. The van der Waals surface area contributed by atoms with Gasteiger partial charge in [-0.1, -0.05) is 0 Å². The molecule has 2 aliphatic heterocycles. The van der Waals surface area contributed by atoms with E-state index in [9.17, 15) is 0 Å². The molecule has 1 aromatic rings. The molecule has 0 radical (unpaired) electrons. The highest BCUT2D eigenvalue weighted by Crippen LogP contribution is 2.40. The van der Waals surface area contributed by atoms with E-state index in [2.05, 4.69) is 17.0 Å². The van der Waals surface area contributed by atoms with Crippen LogP contribution < -0.4 is 10.6 Å². The van der Waals surface area contributed by atoms with Crippen LogP contribution in [0.15, 0.2) is 24.3 Å². The van der Waals surface area contributed by atoms with Gasteiger partial charge in [0.15, 0.2) is 0 Å². The molecule has 2 heterocycles. The van der Waals surface area contributed by atoms with E-state index in [0.29, 0.717) is 5.41 Å². The Morgan fingerprint density at radius 1 is 1.06 bits per heavy atom. The van der Waals surface area contributed by atoms with Gasteiger partial charge >= 0.3 is 0 Å². The molecule has 0 aliphatic carbocycles. The molecule has 2 aliphatic rings. The van der Waals surface area contributed by atoms with E-state index >= 15 is 0 Å². The van der Waals surface area contributed by atoms with E-state index in [-0.39, 0.29) is 0 Å². The second kappa shape index (κ2) is 4.22. The Hall–Kier alpha value is -1.22. The number of nitrogens with zero attached hydrogens (tertiary/aromatic N) is 1. The molecule has 92 valence electrons. The SMILES string of the molecule is Nc1ccc(N2CCC3(CCOC3)CC2)cc1. The van der Waals surface area contributed by atoms with Crippen molar-refractivity contribution in [2.24, 2.45) is 5.41 Å². The van der Waals surface area contributed by atoms with E-state index in [1.54, 1.807) is 0 Å². The highest BCUT2D eigenvalue weighted by molar-refractivity contribution is 5.53. The average Bonchev–Trinajstić information content (AvgIpc) is 2.80. The van der Waals surface area contributed by atoms with Gasteiger partial charge in [0, 0.05) is 31.1 Å². The summed E-state index contributed by atoms with van der Waals surface area (Å²) in [5.74, 6) is 0. The highest BCUT2D eigenvalue weighted by atomic mass is 16.5. The smallest absolute Gasteiger partial charge is 0.0524 e. The lowest BCUT2D eigenvalue weighted by Gasteiger charge is -2.39. The Morgan fingerprint density at radius 3 is 2.35 bits per heavy atom. The van der Waals surface area contributed by atoms with Gasteiger partial charge in [-0.05, 0) is 48.9 Å². The summed E-state index contributed by atoms with van der Waals surface area (Å²) in [7, 11) is 0. The lowest BCUT2D eigenvalue weighted by Crippen LogP contribution is -2.40. The van der Waals surface area contributed by atoms with Crippen LogP contribution in [0, 0.1) is 5.41 Å². The number of ether oxygens (including phenoxy) is 1. The Balaban J connectivity index is 1.66. The summed E-state index contributed by atoms with van der Waals surface area (Å²) >= 11 is 0. The van der Waals surface area contributed by atoms with Gasteiger partial charge in [-0.3, -0.25) is 0 Å². The van der Waals surface area contributed by atoms with E-state index in [1.807, 2.05) is 12.1 Å². The first-order chi connectivity index (χ1) is 8.27. The molecule has 1 spiro atoms. The molecule has 2 saturated heterocycles. The quantitative estimate of drug-likeness (QED) is 0.755. The van der Waals surface area contributed by atoms with Crippen molar-refractivity contribution >= 4 is 11.4 Å². The second-order valence-electron chi connectivity index (χ2n) is 5.38. The number of nitrogens with two attached hydrogens (primary N) is 1. The number of piperidine rings is 1. The minimum atomic E-state index is 0.490. The Labute approximate surface area is 103 Å². The first-order valence-electron chi connectivity index (χ1n) is 6.46. The fourth-order valence-corrected chi connectivity index (χ4v) is 2.97. The van der Waals surface area contributed by atoms with Crippen LogP contribution in [0.4, 0.5) is 11.4 Å². The van der Waals surface area contributed by atoms with E-state index < -0.39 is 0 Å². The molecule has 0 unspecified atom stereocenters. The number of rotatable bonds is 1. The van der Waals surface area contributed by atoms with Gasteiger partial charge in [0.05, 0.1) is 6.61 Å². The fraction of sp³-hybridized carbons (Fsp3) is 0.571. The van der Waals surface area contributed by atoms with Gasteiger partial charge in [-0.25, -0.2) is 0 Å². The van der Waals surface area contributed by atoms with Gasteiger partial charge in [0.2, 0.25) is 0 Å². The number of hydrogen-bond acceptors (Lipinski definition) is 3. The standard InChI is InChI=1S/C14H20N2O/c15-12-1-3-13(4-2-12)16-8-5-14(6-9-16)7-10-17-11-14/h1-4H,5-11,15H2. The van der Waals surface area contributed by atoms with Crippen molar-refractivity contribution < 1.29 is 4.74 Å². The maximum Gasteiger partial charge on any atom is 0.0524 e. The number of nitrogen functional groups attached to an aromatic ring is 1. The molecule has 0 aromatic heterocycles. The summed E-state index contributed by atoms with van der Waals surface area (Å²) in [5.41, 5.74) is 8.34. The van der Waals surface area contributed by atoms with Crippen LogP contribution in [0.3, 0.4) is 0 Å². The predicted molar refractivity (Wildman–Crippen MR) is 70.2 cm³/mol. The third-order valence-corrected chi connectivity index (χ3v) is 4.27. The molecular weight excluding hydrogens is 212 g/mol. The molecule has 2 fully saturated rings. The summed E-state index contributed by atoms with van der Waals surface area (Å²) < 4.78 is 5.56. The molecule has 0 amide bonds. The molecule has 3 rings (SSSR count). The first kappa shape index (κ1) is 10.9. The van der Waals surface area contributed by atoms with Gasteiger partial charge in [0.25, 0.3) is 0 Å². The van der Waals surface area contributed by atoms with Crippen LogP contribution in [0.25, 0.3) is 0 Å². The van der Waals surface area contributed by atoms with Crippen molar-refractivity contribution in [3.63, 3.8) is 0 Å². The van der Waals surface area contributed by atoms with Crippen LogP contribution in [-0.4, -0.2) is 26.3 Å². The Kier molecular flexibility index (Phi) is 2.71. The molecule has 2 N–H and O–H groups in total. The highest BCUT2D eigenvalue weighted by Gasteiger charge is 2.37. The van der Waals surface area contributed by atoms with Gasteiger partial charge < -0.3 is 15.4 Å². The predicted octanol–water partition coefficient (Wildman–Crippen LogP) is 2.28. The van der Waals surface area contributed by atoms with Gasteiger partial charge in [-0.15, -0.1) is 0 Å². The van der Waals surface area contributed by atoms with Crippen molar-refractivity contribution in [2.45, 2.75) is 19.3 Å². The minimum absolute atomic E-state index is 0.490. The second-order valence-corrected chi connectivity index (χ2v) is 5.38. The first-order valence-corrected chi connectivity index (χ1v) is 6.46. The van der Waals surface area contributed by atoms with Crippen LogP contribution >= 0.6 is 0 Å². The van der Waals surface area contributed by atoms with E-state index in [4.69, 9.17) is 10.5 Å². The molecule has 0 bridgehead atoms. The number of hydrogen-bond donors (Lipinski definition) is 1. The summed E-state index contributed by atoms with van der Waals surface area (Å²) in [6, 6.07) is 8.22. The monoisotopic (exact) mass is 232 g/mol.